The van der Waals surface area contributed by atoms with Gasteiger partial charge in [0.2, 0.25) is 17.7 Å². The summed E-state index contributed by atoms with van der Waals surface area (Å²) in [5.74, 6) is -0.461. The van der Waals surface area contributed by atoms with Crippen molar-refractivity contribution in [1.82, 2.24) is 20.9 Å². The zero-order valence-corrected chi connectivity index (χ0v) is 27.8. The number of nitrogens with zero attached hydrogens (tertiary/aromatic N) is 1. The number of likely N-dealkylation sites (N-methyl/N-ethyl adjacent to an activating group) is 1. The minimum Gasteiger partial charge on any atom is -0.354 e. The summed E-state index contributed by atoms with van der Waals surface area (Å²) in [6, 6.07) is -0.227. The van der Waals surface area contributed by atoms with Crippen molar-refractivity contribution >= 4 is 50.9 Å². The number of carbonyl (C=O) groups excluding carboxylic acids is 5. The Hall–Kier alpha value is -1.59. The molecule has 3 N–H and O–H groups in total. The molecule has 0 aliphatic heterocycles. The van der Waals surface area contributed by atoms with Crippen molar-refractivity contribution < 1.29 is 24.0 Å². The SMILES string of the molecule is CC(C)NCCCC(=O)[C@H](C)NC(=O)CN(C)C(=O)CCCC(=O)CCC(C)SSC(C)(C)CNC(=O)C(C)C. The second kappa shape index (κ2) is 20.3. The van der Waals surface area contributed by atoms with Crippen molar-refractivity contribution in [1.29, 1.82) is 0 Å². The Morgan fingerprint density at radius 1 is 0.875 bits per heavy atom. The molecule has 11 heteroatoms. The Morgan fingerprint density at radius 2 is 1.52 bits per heavy atom. The predicted octanol–water partition coefficient (Wildman–Crippen LogP) is 4.14. The molecule has 0 rings (SSSR count). The highest BCUT2D eigenvalue weighted by Crippen LogP contribution is 2.39. The Morgan fingerprint density at radius 3 is 2.12 bits per heavy atom. The first-order valence-electron chi connectivity index (χ1n) is 14.5. The zero-order chi connectivity index (χ0) is 30.9. The second-order valence-electron chi connectivity index (χ2n) is 11.8. The third-order valence-electron chi connectivity index (χ3n) is 6.15. The van der Waals surface area contributed by atoms with E-state index in [9.17, 15) is 24.0 Å². The molecule has 0 bridgehead atoms. The maximum Gasteiger partial charge on any atom is 0.240 e. The summed E-state index contributed by atoms with van der Waals surface area (Å²) in [6.45, 7) is 17.0. The lowest BCUT2D eigenvalue weighted by atomic mass is 10.1. The van der Waals surface area contributed by atoms with Crippen molar-refractivity contribution in [3.05, 3.63) is 0 Å². The van der Waals surface area contributed by atoms with Gasteiger partial charge in [-0.1, -0.05) is 56.2 Å². The van der Waals surface area contributed by atoms with E-state index in [2.05, 4.69) is 36.7 Å². The maximum absolute atomic E-state index is 12.4. The molecule has 0 saturated carbocycles. The van der Waals surface area contributed by atoms with Crippen LogP contribution in [0.4, 0.5) is 0 Å². The van der Waals surface area contributed by atoms with Crippen LogP contribution in [0.1, 0.15) is 100 Å². The van der Waals surface area contributed by atoms with E-state index in [1.807, 2.05) is 27.7 Å². The minimum atomic E-state index is -0.594. The van der Waals surface area contributed by atoms with E-state index in [-0.39, 0.29) is 58.2 Å². The molecular formula is C29H54N4O5S2. The average Bonchev–Trinajstić information content (AvgIpc) is 2.86. The van der Waals surface area contributed by atoms with Gasteiger partial charge in [0.05, 0.1) is 12.6 Å². The summed E-state index contributed by atoms with van der Waals surface area (Å²) in [5, 5.41) is 9.19. The Bertz CT molecular complexity index is 820. The van der Waals surface area contributed by atoms with Gasteiger partial charge >= 0.3 is 0 Å². The van der Waals surface area contributed by atoms with Gasteiger partial charge < -0.3 is 20.9 Å². The number of carbonyl (C=O) groups is 5. The van der Waals surface area contributed by atoms with Crippen molar-refractivity contribution in [3.63, 3.8) is 0 Å². The summed E-state index contributed by atoms with van der Waals surface area (Å²) >= 11 is 0. The van der Waals surface area contributed by atoms with Gasteiger partial charge in [-0.2, -0.15) is 0 Å². The number of hydrogen-bond donors (Lipinski definition) is 3. The fourth-order valence-corrected chi connectivity index (χ4v) is 5.96. The fourth-order valence-electron chi connectivity index (χ4n) is 3.45. The number of ketones is 2. The normalized spacial score (nSPS) is 13.2. The largest absolute Gasteiger partial charge is 0.354 e. The van der Waals surface area contributed by atoms with Crippen LogP contribution < -0.4 is 16.0 Å². The molecule has 0 fully saturated rings. The standard InChI is InChI=1S/C29H54N4O5S2/c1-20(2)28(38)31-19-29(7,8)40-39-22(5)15-16-24(34)12-10-14-27(37)33(9)18-26(36)32-23(6)25(35)13-11-17-30-21(3)4/h20-23,30H,10-19H2,1-9H3,(H,31,38)(H,32,36)/t22?,23-/m0/s1. The van der Waals surface area contributed by atoms with Gasteiger partial charge in [-0.05, 0) is 46.6 Å². The first-order chi connectivity index (χ1) is 18.5. The topological polar surface area (TPSA) is 125 Å². The van der Waals surface area contributed by atoms with Crippen molar-refractivity contribution in [2.75, 3.05) is 26.7 Å². The third kappa shape index (κ3) is 19.5. The smallest absolute Gasteiger partial charge is 0.240 e. The van der Waals surface area contributed by atoms with Crippen LogP contribution >= 0.6 is 21.6 Å². The number of amides is 3. The molecule has 0 spiro atoms. The molecule has 40 heavy (non-hydrogen) atoms. The monoisotopic (exact) mass is 602 g/mol. The van der Waals surface area contributed by atoms with Crippen LogP contribution in [0.3, 0.4) is 0 Å². The van der Waals surface area contributed by atoms with Crippen LogP contribution in [0.15, 0.2) is 0 Å². The number of rotatable bonds is 22. The Labute approximate surface area is 250 Å². The van der Waals surface area contributed by atoms with Crippen molar-refractivity contribution in [3.8, 4) is 0 Å². The summed E-state index contributed by atoms with van der Waals surface area (Å²) in [4.78, 5) is 62.4. The molecular weight excluding hydrogens is 548 g/mol. The highest BCUT2D eigenvalue weighted by molar-refractivity contribution is 8.77. The molecule has 0 radical (unpaired) electrons. The van der Waals surface area contributed by atoms with Crippen LogP contribution in [0, 0.1) is 5.92 Å². The van der Waals surface area contributed by atoms with E-state index in [0.717, 1.165) is 13.0 Å². The minimum absolute atomic E-state index is 0.0310. The molecule has 3 amide bonds. The Kier molecular flexibility index (Phi) is 19.5. The highest BCUT2D eigenvalue weighted by Gasteiger charge is 2.23. The van der Waals surface area contributed by atoms with Gasteiger partial charge in [0, 0.05) is 61.2 Å². The number of nitrogens with one attached hydrogen (secondary N) is 3. The van der Waals surface area contributed by atoms with Crippen LogP contribution in [0.5, 0.6) is 0 Å². The summed E-state index contributed by atoms with van der Waals surface area (Å²) in [7, 11) is 5.00. The molecule has 0 aliphatic carbocycles. The van der Waals surface area contributed by atoms with Gasteiger partial charge in [0.1, 0.15) is 5.78 Å². The maximum atomic E-state index is 12.4. The molecule has 0 aromatic carbocycles. The summed E-state index contributed by atoms with van der Waals surface area (Å²) in [5.41, 5.74) is 0. The predicted molar refractivity (Wildman–Crippen MR) is 167 cm³/mol. The third-order valence-corrected chi connectivity index (χ3v) is 10.0. The van der Waals surface area contributed by atoms with E-state index in [0.29, 0.717) is 44.7 Å². The van der Waals surface area contributed by atoms with Gasteiger partial charge in [-0.3, -0.25) is 24.0 Å². The quantitative estimate of drug-likeness (QED) is 0.125. The van der Waals surface area contributed by atoms with Crippen molar-refractivity contribution in [2.24, 2.45) is 5.92 Å². The highest BCUT2D eigenvalue weighted by atomic mass is 33.1. The van der Waals surface area contributed by atoms with Gasteiger partial charge in [-0.25, -0.2) is 0 Å². The fraction of sp³-hybridized carbons (Fsp3) is 0.828. The zero-order valence-electron chi connectivity index (χ0n) is 26.2. The molecule has 0 aromatic rings. The lowest BCUT2D eigenvalue weighted by Crippen LogP contribution is -2.44. The molecule has 232 valence electrons. The van der Waals surface area contributed by atoms with Gasteiger partial charge in [-0.15, -0.1) is 0 Å². The van der Waals surface area contributed by atoms with E-state index < -0.39 is 6.04 Å². The molecule has 0 aromatic heterocycles. The van der Waals surface area contributed by atoms with Crippen LogP contribution in [0.2, 0.25) is 0 Å². The molecule has 0 aliphatic rings. The number of hydrogen-bond acceptors (Lipinski definition) is 8. The van der Waals surface area contributed by atoms with Crippen LogP contribution in [-0.4, -0.2) is 83.0 Å². The lowest BCUT2D eigenvalue weighted by molar-refractivity contribution is -0.135. The Balaban J connectivity index is 4.17. The first kappa shape index (κ1) is 38.4. The van der Waals surface area contributed by atoms with Gasteiger partial charge in [0.25, 0.3) is 0 Å². The molecule has 2 atom stereocenters. The molecule has 0 heterocycles. The summed E-state index contributed by atoms with van der Waals surface area (Å²) < 4.78 is -0.116. The average molecular weight is 603 g/mol. The molecule has 1 unspecified atom stereocenters. The molecule has 9 nitrogen and oxygen atoms in total. The number of Topliss-reactive ketones (excluding diaryl/α,β-unsaturated/α-hetero) is 2. The van der Waals surface area contributed by atoms with E-state index in [1.54, 1.807) is 35.6 Å². The first-order valence-corrected chi connectivity index (χ1v) is 16.7. The lowest BCUT2D eigenvalue weighted by Gasteiger charge is -2.25. The molecule has 0 saturated heterocycles. The van der Waals surface area contributed by atoms with E-state index in [1.165, 1.54) is 4.90 Å². The second-order valence-corrected chi connectivity index (χ2v) is 15.1. The van der Waals surface area contributed by atoms with Crippen LogP contribution in [0.25, 0.3) is 0 Å². The van der Waals surface area contributed by atoms with Crippen LogP contribution in [-0.2, 0) is 24.0 Å². The van der Waals surface area contributed by atoms with Crippen molar-refractivity contribution in [2.45, 2.75) is 122 Å². The van der Waals surface area contributed by atoms with E-state index >= 15 is 0 Å². The van der Waals surface area contributed by atoms with E-state index in [4.69, 9.17) is 0 Å². The summed E-state index contributed by atoms with van der Waals surface area (Å²) in [6.07, 6.45) is 3.29. The van der Waals surface area contributed by atoms with Gasteiger partial charge in [0.15, 0.2) is 5.78 Å².